The summed E-state index contributed by atoms with van der Waals surface area (Å²) in [7, 11) is 0. The highest BCUT2D eigenvalue weighted by Crippen LogP contribution is 2.29. The molecule has 0 fully saturated rings. The number of hydrogen-bond acceptors (Lipinski definition) is 2. The van der Waals surface area contributed by atoms with E-state index in [1.807, 2.05) is 54.6 Å². The van der Waals surface area contributed by atoms with Crippen LogP contribution in [0.1, 0.15) is 0 Å². The third-order valence-corrected chi connectivity index (χ3v) is 2.27. The van der Waals surface area contributed by atoms with E-state index in [1.165, 1.54) is 0 Å². The van der Waals surface area contributed by atoms with Gasteiger partial charge in [-0.3, -0.25) is 0 Å². The van der Waals surface area contributed by atoms with Crippen molar-refractivity contribution in [1.82, 2.24) is 0 Å². The molecule has 2 nitrogen and oxygen atoms in total. The molecule has 2 aromatic rings. The van der Waals surface area contributed by atoms with Crippen LogP contribution >= 0.6 is 12.2 Å². The van der Waals surface area contributed by atoms with E-state index in [1.54, 1.807) is 0 Å². The van der Waals surface area contributed by atoms with E-state index in [-0.39, 0.29) is 5.17 Å². The second kappa shape index (κ2) is 4.77. The molecule has 0 radical (unpaired) electrons. The van der Waals surface area contributed by atoms with Crippen molar-refractivity contribution in [2.45, 2.75) is 0 Å². The smallest absolute Gasteiger partial charge is 0.259 e. The first-order valence-corrected chi connectivity index (χ1v) is 5.30. The highest BCUT2D eigenvalue weighted by molar-refractivity contribution is 7.80. The normalized spacial score (nSPS) is 9.75. The molecule has 0 unspecified atom stereocenters. The lowest BCUT2D eigenvalue weighted by molar-refractivity contribution is 0.559. The van der Waals surface area contributed by atoms with Crippen molar-refractivity contribution in [3.8, 4) is 16.9 Å². The SMILES string of the molecule is NC(=S)Oc1ccccc1-c1ccccc1. The van der Waals surface area contributed by atoms with Gasteiger partial charge in [0, 0.05) is 5.56 Å². The van der Waals surface area contributed by atoms with Gasteiger partial charge in [-0.15, -0.1) is 0 Å². The summed E-state index contributed by atoms with van der Waals surface area (Å²) in [6.45, 7) is 0. The van der Waals surface area contributed by atoms with Gasteiger partial charge in [-0.25, -0.2) is 0 Å². The average Bonchev–Trinajstić information content (AvgIpc) is 2.30. The van der Waals surface area contributed by atoms with Gasteiger partial charge in [0.15, 0.2) is 0 Å². The second-order valence-corrected chi connectivity index (χ2v) is 3.69. The van der Waals surface area contributed by atoms with Crippen LogP contribution in [-0.4, -0.2) is 5.17 Å². The van der Waals surface area contributed by atoms with E-state index in [0.29, 0.717) is 5.75 Å². The lowest BCUT2D eigenvalue weighted by Gasteiger charge is -2.09. The van der Waals surface area contributed by atoms with Crippen molar-refractivity contribution < 1.29 is 4.74 Å². The molecule has 2 N–H and O–H groups in total. The van der Waals surface area contributed by atoms with E-state index in [9.17, 15) is 0 Å². The second-order valence-electron chi connectivity index (χ2n) is 3.28. The summed E-state index contributed by atoms with van der Waals surface area (Å²) in [4.78, 5) is 0. The van der Waals surface area contributed by atoms with E-state index in [2.05, 4.69) is 0 Å². The van der Waals surface area contributed by atoms with Crippen LogP contribution in [0, 0.1) is 0 Å². The van der Waals surface area contributed by atoms with Gasteiger partial charge in [-0.1, -0.05) is 48.5 Å². The molecule has 0 aromatic heterocycles. The number of benzene rings is 2. The average molecular weight is 229 g/mol. The molecule has 0 amide bonds. The summed E-state index contributed by atoms with van der Waals surface area (Å²) in [6.07, 6.45) is 0. The Labute approximate surface area is 99.7 Å². The third-order valence-electron chi connectivity index (χ3n) is 2.18. The Morgan fingerprint density at radius 3 is 2.25 bits per heavy atom. The molecule has 0 saturated heterocycles. The van der Waals surface area contributed by atoms with Gasteiger partial charge in [0.1, 0.15) is 5.75 Å². The van der Waals surface area contributed by atoms with Gasteiger partial charge in [0.05, 0.1) is 0 Å². The molecular weight excluding hydrogens is 218 g/mol. The maximum atomic E-state index is 5.38. The van der Waals surface area contributed by atoms with E-state index < -0.39 is 0 Å². The number of para-hydroxylation sites is 1. The first kappa shape index (κ1) is 10.6. The minimum atomic E-state index is 0.0309. The van der Waals surface area contributed by atoms with Crippen molar-refractivity contribution in [3.63, 3.8) is 0 Å². The standard InChI is InChI=1S/C13H11NOS/c14-13(16)15-12-9-5-4-8-11(12)10-6-2-1-3-7-10/h1-9H,(H2,14,16). The molecular formula is C13H11NOS. The van der Waals surface area contributed by atoms with Crippen LogP contribution in [0.5, 0.6) is 5.75 Å². The highest BCUT2D eigenvalue weighted by atomic mass is 32.1. The maximum absolute atomic E-state index is 5.38. The van der Waals surface area contributed by atoms with Crippen molar-refractivity contribution >= 4 is 17.4 Å². The van der Waals surface area contributed by atoms with E-state index in [4.69, 9.17) is 22.7 Å². The molecule has 2 rings (SSSR count). The minimum Gasteiger partial charge on any atom is -0.431 e. The number of hydrogen-bond donors (Lipinski definition) is 1. The van der Waals surface area contributed by atoms with Crippen LogP contribution in [0.25, 0.3) is 11.1 Å². The Hall–Kier alpha value is -1.87. The lowest BCUT2D eigenvalue weighted by atomic mass is 10.1. The van der Waals surface area contributed by atoms with Gasteiger partial charge >= 0.3 is 0 Å². The van der Waals surface area contributed by atoms with Crippen LogP contribution in [0.3, 0.4) is 0 Å². The summed E-state index contributed by atoms with van der Waals surface area (Å²) in [6, 6.07) is 17.6. The van der Waals surface area contributed by atoms with Gasteiger partial charge in [-0.05, 0) is 23.8 Å². The molecule has 16 heavy (non-hydrogen) atoms. The zero-order chi connectivity index (χ0) is 11.4. The predicted molar refractivity (Wildman–Crippen MR) is 69.3 cm³/mol. The Morgan fingerprint density at radius 2 is 1.56 bits per heavy atom. The summed E-state index contributed by atoms with van der Waals surface area (Å²) < 4.78 is 5.31. The molecule has 3 heteroatoms. The lowest BCUT2D eigenvalue weighted by Crippen LogP contribution is -2.16. The Morgan fingerprint density at radius 1 is 0.938 bits per heavy atom. The van der Waals surface area contributed by atoms with E-state index >= 15 is 0 Å². The quantitative estimate of drug-likeness (QED) is 0.804. The van der Waals surface area contributed by atoms with Gasteiger partial charge in [0.2, 0.25) is 0 Å². The number of ether oxygens (including phenoxy) is 1. The van der Waals surface area contributed by atoms with Crippen LogP contribution in [0.2, 0.25) is 0 Å². The fourth-order valence-electron chi connectivity index (χ4n) is 1.52. The maximum Gasteiger partial charge on any atom is 0.259 e. The summed E-state index contributed by atoms with van der Waals surface area (Å²) in [5.74, 6) is 0.682. The molecule has 0 heterocycles. The topological polar surface area (TPSA) is 35.2 Å². The zero-order valence-electron chi connectivity index (χ0n) is 8.59. The Kier molecular flexibility index (Phi) is 3.17. The summed E-state index contributed by atoms with van der Waals surface area (Å²) in [5.41, 5.74) is 7.44. The zero-order valence-corrected chi connectivity index (χ0v) is 9.41. The first-order valence-electron chi connectivity index (χ1n) is 4.89. The molecule has 0 aliphatic rings. The van der Waals surface area contributed by atoms with Crippen LogP contribution in [-0.2, 0) is 0 Å². The van der Waals surface area contributed by atoms with Crippen LogP contribution < -0.4 is 10.5 Å². The minimum absolute atomic E-state index is 0.0309. The molecule has 0 bridgehead atoms. The Bertz CT molecular complexity index is 496. The predicted octanol–water partition coefficient (Wildman–Crippen LogP) is 2.98. The number of rotatable bonds is 2. The van der Waals surface area contributed by atoms with Gasteiger partial charge in [-0.2, -0.15) is 0 Å². The first-order chi connectivity index (χ1) is 7.77. The van der Waals surface area contributed by atoms with Crippen molar-refractivity contribution in [2.24, 2.45) is 5.73 Å². The van der Waals surface area contributed by atoms with Crippen LogP contribution in [0.4, 0.5) is 0 Å². The fourth-order valence-corrected chi connectivity index (χ4v) is 1.61. The molecule has 80 valence electrons. The van der Waals surface area contributed by atoms with Crippen LogP contribution in [0.15, 0.2) is 54.6 Å². The molecule has 2 aromatic carbocycles. The molecule has 0 spiro atoms. The molecule has 0 atom stereocenters. The number of thiocarbonyl (C=S) groups is 1. The Balaban J connectivity index is 2.44. The summed E-state index contributed by atoms with van der Waals surface area (Å²) >= 11 is 4.74. The molecule has 0 saturated carbocycles. The molecule has 0 aliphatic heterocycles. The van der Waals surface area contributed by atoms with E-state index in [0.717, 1.165) is 11.1 Å². The van der Waals surface area contributed by atoms with Crippen molar-refractivity contribution in [2.75, 3.05) is 0 Å². The third kappa shape index (κ3) is 2.38. The monoisotopic (exact) mass is 229 g/mol. The fraction of sp³-hybridized carbons (Fsp3) is 0. The van der Waals surface area contributed by atoms with Crippen molar-refractivity contribution in [1.29, 1.82) is 0 Å². The van der Waals surface area contributed by atoms with Crippen molar-refractivity contribution in [3.05, 3.63) is 54.6 Å². The largest absolute Gasteiger partial charge is 0.431 e. The van der Waals surface area contributed by atoms with Gasteiger partial charge in [0.25, 0.3) is 5.17 Å². The van der Waals surface area contributed by atoms with Gasteiger partial charge < -0.3 is 10.5 Å². The summed E-state index contributed by atoms with van der Waals surface area (Å²) in [5, 5.41) is 0.0309. The highest BCUT2D eigenvalue weighted by Gasteiger charge is 2.05. The molecule has 0 aliphatic carbocycles. The number of nitrogens with two attached hydrogens (primary N) is 1.